The van der Waals surface area contributed by atoms with E-state index in [1.807, 2.05) is 38.4 Å². The van der Waals surface area contributed by atoms with Crippen LogP contribution >= 0.6 is 34.8 Å². The molecule has 1 atom stereocenters. The Kier molecular flexibility index (Phi) is 6.93. The first-order chi connectivity index (χ1) is 11.4. The highest BCUT2D eigenvalue weighted by Gasteiger charge is 2.18. The molecule has 1 amide bonds. The fourth-order valence-corrected chi connectivity index (χ4v) is 2.93. The van der Waals surface area contributed by atoms with Crippen molar-refractivity contribution in [3.8, 4) is 0 Å². The summed E-state index contributed by atoms with van der Waals surface area (Å²) >= 11 is 18.0. The number of nitrogens with one attached hydrogen (secondary N) is 1. The molecule has 6 heteroatoms. The van der Waals surface area contributed by atoms with Gasteiger partial charge in [-0.2, -0.15) is 0 Å². The number of hydrogen-bond acceptors (Lipinski definition) is 2. The minimum atomic E-state index is -0.227. The largest absolute Gasteiger partial charge is 0.345 e. The van der Waals surface area contributed by atoms with Gasteiger partial charge in [-0.3, -0.25) is 4.79 Å². The standard InChI is InChI=1S/C18H19Cl3N2O/c1-23(2)10-9-17(12-3-5-13(19)6-4-12)22-18(24)15-8-7-14(20)11-16(15)21/h3-8,11,17H,9-10H2,1-2H3,(H,22,24). The summed E-state index contributed by atoms with van der Waals surface area (Å²) in [6.45, 7) is 0.835. The average Bonchev–Trinajstić information content (AvgIpc) is 2.52. The first-order valence-electron chi connectivity index (χ1n) is 7.53. The second kappa shape index (κ2) is 8.72. The lowest BCUT2D eigenvalue weighted by molar-refractivity contribution is 0.0933. The lowest BCUT2D eigenvalue weighted by Crippen LogP contribution is -2.31. The summed E-state index contributed by atoms with van der Waals surface area (Å²) in [5.74, 6) is -0.227. The summed E-state index contributed by atoms with van der Waals surface area (Å²) < 4.78 is 0. The predicted molar refractivity (Wildman–Crippen MR) is 101 cm³/mol. The van der Waals surface area contributed by atoms with Crippen LogP contribution in [0, 0.1) is 0 Å². The molecule has 0 aliphatic heterocycles. The van der Waals surface area contributed by atoms with Gasteiger partial charge in [0.25, 0.3) is 5.91 Å². The third kappa shape index (κ3) is 5.38. The Bertz CT molecular complexity index is 702. The van der Waals surface area contributed by atoms with Gasteiger partial charge in [-0.1, -0.05) is 46.9 Å². The maximum absolute atomic E-state index is 12.6. The predicted octanol–water partition coefficient (Wildman–Crippen LogP) is 5.07. The number of nitrogens with zero attached hydrogens (tertiary/aromatic N) is 1. The van der Waals surface area contributed by atoms with E-state index in [9.17, 15) is 4.79 Å². The molecule has 0 fully saturated rings. The maximum Gasteiger partial charge on any atom is 0.253 e. The topological polar surface area (TPSA) is 32.3 Å². The van der Waals surface area contributed by atoms with Crippen molar-refractivity contribution in [3.05, 3.63) is 68.7 Å². The van der Waals surface area contributed by atoms with Crippen LogP contribution in [-0.4, -0.2) is 31.4 Å². The van der Waals surface area contributed by atoms with E-state index in [4.69, 9.17) is 34.8 Å². The molecule has 0 radical (unpaired) electrons. The zero-order valence-electron chi connectivity index (χ0n) is 13.5. The summed E-state index contributed by atoms with van der Waals surface area (Å²) in [6.07, 6.45) is 0.769. The van der Waals surface area contributed by atoms with Gasteiger partial charge in [0.2, 0.25) is 0 Å². The van der Waals surface area contributed by atoms with Crippen LogP contribution in [0.15, 0.2) is 42.5 Å². The maximum atomic E-state index is 12.6. The lowest BCUT2D eigenvalue weighted by atomic mass is 10.0. The number of rotatable bonds is 6. The number of hydrogen-bond donors (Lipinski definition) is 1. The molecule has 0 saturated carbocycles. The molecule has 0 aromatic heterocycles. The molecule has 2 aromatic carbocycles. The number of carbonyl (C=O) groups is 1. The molecule has 1 N–H and O–H groups in total. The van der Waals surface area contributed by atoms with Gasteiger partial charge in [0.15, 0.2) is 0 Å². The normalized spacial score (nSPS) is 12.2. The highest BCUT2D eigenvalue weighted by Crippen LogP contribution is 2.24. The molecule has 2 rings (SSSR count). The molecule has 0 aliphatic rings. The molecule has 0 aliphatic carbocycles. The molecule has 0 saturated heterocycles. The Morgan fingerprint density at radius 1 is 1.04 bits per heavy atom. The van der Waals surface area contributed by atoms with Gasteiger partial charge >= 0.3 is 0 Å². The molecular formula is C18H19Cl3N2O. The van der Waals surface area contributed by atoms with E-state index in [1.54, 1.807) is 18.2 Å². The molecule has 0 bridgehead atoms. The molecular weight excluding hydrogens is 367 g/mol. The first-order valence-corrected chi connectivity index (χ1v) is 8.66. The van der Waals surface area contributed by atoms with Crippen molar-refractivity contribution in [2.24, 2.45) is 0 Å². The number of carbonyl (C=O) groups excluding carboxylic acids is 1. The van der Waals surface area contributed by atoms with Crippen LogP contribution in [-0.2, 0) is 0 Å². The Hall–Kier alpha value is -1.26. The second-order valence-electron chi connectivity index (χ2n) is 5.79. The van der Waals surface area contributed by atoms with Crippen molar-refractivity contribution in [3.63, 3.8) is 0 Å². The highest BCUT2D eigenvalue weighted by molar-refractivity contribution is 6.36. The zero-order chi connectivity index (χ0) is 17.7. The van der Waals surface area contributed by atoms with E-state index in [2.05, 4.69) is 10.2 Å². The van der Waals surface area contributed by atoms with Gasteiger partial charge in [0.05, 0.1) is 16.6 Å². The van der Waals surface area contributed by atoms with E-state index < -0.39 is 0 Å². The Balaban J connectivity index is 2.20. The number of amides is 1. The van der Waals surface area contributed by atoms with Crippen molar-refractivity contribution in [2.45, 2.75) is 12.5 Å². The minimum absolute atomic E-state index is 0.135. The average molecular weight is 386 g/mol. The highest BCUT2D eigenvalue weighted by atomic mass is 35.5. The van der Waals surface area contributed by atoms with Gasteiger partial charge in [0, 0.05) is 10.0 Å². The first kappa shape index (κ1) is 19.1. The van der Waals surface area contributed by atoms with Crippen molar-refractivity contribution in [1.82, 2.24) is 10.2 Å². The van der Waals surface area contributed by atoms with Crippen molar-refractivity contribution < 1.29 is 4.79 Å². The van der Waals surface area contributed by atoms with Crippen LogP contribution in [0.4, 0.5) is 0 Å². The van der Waals surface area contributed by atoms with Crippen LogP contribution < -0.4 is 5.32 Å². The van der Waals surface area contributed by atoms with Crippen LogP contribution in [0.25, 0.3) is 0 Å². The van der Waals surface area contributed by atoms with E-state index in [0.29, 0.717) is 20.6 Å². The molecule has 3 nitrogen and oxygen atoms in total. The Morgan fingerprint density at radius 2 is 1.67 bits per heavy atom. The number of halogens is 3. The quantitative estimate of drug-likeness (QED) is 0.753. The lowest BCUT2D eigenvalue weighted by Gasteiger charge is -2.21. The van der Waals surface area contributed by atoms with Crippen molar-refractivity contribution >= 4 is 40.7 Å². The summed E-state index contributed by atoms with van der Waals surface area (Å²) in [6, 6.07) is 12.2. The Morgan fingerprint density at radius 3 is 2.25 bits per heavy atom. The fourth-order valence-electron chi connectivity index (χ4n) is 2.31. The van der Waals surface area contributed by atoms with Crippen molar-refractivity contribution in [2.75, 3.05) is 20.6 Å². The Labute approximate surface area is 157 Å². The van der Waals surface area contributed by atoms with Crippen LogP contribution in [0.3, 0.4) is 0 Å². The summed E-state index contributed by atoms with van der Waals surface area (Å²) in [7, 11) is 3.99. The minimum Gasteiger partial charge on any atom is -0.345 e. The van der Waals surface area contributed by atoms with Gasteiger partial charge in [-0.15, -0.1) is 0 Å². The SMILES string of the molecule is CN(C)CCC(NC(=O)c1ccc(Cl)cc1Cl)c1ccc(Cl)cc1. The van der Waals surface area contributed by atoms with Gasteiger partial charge in [0.1, 0.15) is 0 Å². The summed E-state index contributed by atoms with van der Waals surface area (Å²) in [5, 5.41) is 4.55. The van der Waals surface area contributed by atoms with Crippen LogP contribution in [0.5, 0.6) is 0 Å². The molecule has 1 unspecified atom stereocenters. The monoisotopic (exact) mass is 384 g/mol. The molecule has 24 heavy (non-hydrogen) atoms. The third-order valence-electron chi connectivity index (χ3n) is 3.62. The van der Waals surface area contributed by atoms with Crippen molar-refractivity contribution in [1.29, 1.82) is 0 Å². The molecule has 0 heterocycles. The van der Waals surface area contributed by atoms with Gasteiger partial charge in [-0.05, 0) is 63.0 Å². The van der Waals surface area contributed by atoms with E-state index >= 15 is 0 Å². The van der Waals surface area contributed by atoms with Crippen LogP contribution in [0.2, 0.25) is 15.1 Å². The van der Waals surface area contributed by atoms with Gasteiger partial charge in [-0.25, -0.2) is 0 Å². The van der Waals surface area contributed by atoms with E-state index in [-0.39, 0.29) is 11.9 Å². The van der Waals surface area contributed by atoms with E-state index in [0.717, 1.165) is 18.5 Å². The molecule has 2 aromatic rings. The molecule has 128 valence electrons. The number of benzene rings is 2. The van der Waals surface area contributed by atoms with Crippen LogP contribution in [0.1, 0.15) is 28.4 Å². The zero-order valence-corrected chi connectivity index (χ0v) is 15.8. The van der Waals surface area contributed by atoms with Gasteiger partial charge < -0.3 is 10.2 Å². The van der Waals surface area contributed by atoms with E-state index in [1.165, 1.54) is 0 Å². The molecule has 0 spiro atoms. The smallest absolute Gasteiger partial charge is 0.253 e. The fraction of sp³-hybridized carbons (Fsp3) is 0.278. The summed E-state index contributed by atoms with van der Waals surface area (Å²) in [4.78, 5) is 14.7. The third-order valence-corrected chi connectivity index (χ3v) is 4.42. The second-order valence-corrected chi connectivity index (χ2v) is 7.07. The summed E-state index contributed by atoms with van der Waals surface area (Å²) in [5.41, 5.74) is 1.41.